The van der Waals surface area contributed by atoms with Crippen LogP contribution in [-0.2, 0) is 0 Å². The first kappa shape index (κ1) is 13.5. The van der Waals surface area contributed by atoms with Gasteiger partial charge in [0.15, 0.2) is 5.11 Å². The maximum absolute atomic E-state index is 5.20. The lowest BCUT2D eigenvalue weighted by molar-refractivity contribution is 0.736. The third-order valence-electron chi connectivity index (χ3n) is 2.19. The fourth-order valence-electron chi connectivity index (χ4n) is 1.30. The SMILES string of the molecule is CCCCNC(=S)NCC1CSCCS1. The van der Waals surface area contributed by atoms with Crippen LogP contribution in [0.1, 0.15) is 19.8 Å². The molecule has 0 radical (unpaired) electrons. The van der Waals surface area contributed by atoms with Gasteiger partial charge in [-0.1, -0.05) is 13.3 Å². The van der Waals surface area contributed by atoms with Gasteiger partial charge in [-0.2, -0.15) is 23.5 Å². The smallest absolute Gasteiger partial charge is 0.166 e. The molecule has 1 fully saturated rings. The van der Waals surface area contributed by atoms with Crippen LogP contribution in [-0.4, -0.2) is 40.7 Å². The lowest BCUT2D eigenvalue weighted by Gasteiger charge is -2.22. The van der Waals surface area contributed by atoms with E-state index in [-0.39, 0.29) is 0 Å². The van der Waals surface area contributed by atoms with Crippen molar-refractivity contribution >= 4 is 40.9 Å². The van der Waals surface area contributed by atoms with Gasteiger partial charge in [-0.3, -0.25) is 0 Å². The number of hydrogen-bond acceptors (Lipinski definition) is 3. The summed E-state index contributed by atoms with van der Waals surface area (Å²) in [5, 5.41) is 8.08. The summed E-state index contributed by atoms with van der Waals surface area (Å²) in [4.78, 5) is 0. The Morgan fingerprint density at radius 1 is 1.40 bits per heavy atom. The topological polar surface area (TPSA) is 24.1 Å². The highest BCUT2D eigenvalue weighted by atomic mass is 32.2. The summed E-state index contributed by atoms with van der Waals surface area (Å²) < 4.78 is 0. The summed E-state index contributed by atoms with van der Waals surface area (Å²) >= 11 is 9.31. The molecule has 1 aliphatic rings. The molecule has 0 spiro atoms. The zero-order valence-corrected chi connectivity index (χ0v) is 11.7. The van der Waals surface area contributed by atoms with E-state index in [4.69, 9.17) is 12.2 Å². The van der Waals surface area contributed by atoms with Crippen molar-refractivity contribution in [3.63, 3.8) is 0 Å². The molecule has 1 saturated heterocycles. The highest BCUT2D eigenvalue weighted by Crippen LogP contribution is 2.23. The van der Waals surface area contributed by atoms with E-state index in [0.717, 1.165) is 23.5 Å². The Bertz CT molecular complexity index is 182. The van der Waals surface area contributed by atoms with Crippen LogP contribution in [0.4, 0.5) is 0 Å². The van der Waals surface area contributed by atoms with Crippen LogP contribution in [0.3, 0.4) is 0 Å². The minimum atomic E-state index is 0.731. The molecule has 0 saturated carbocycles. The fourth-order valence-corrected chi connectivity index (χ4v) is 4.10. The molecular weight excluding hydrogens is 244 g/mol. The molecule has 0 aromatic carbocycles. The standard InChI is InChI=1S/C10H20N2S3/c1-2-3-4-11-10(13)12-7-9-8-14-5-6-15-9/h9H,2-8H2,1H3,(H2,11,12,13). The highest BCUT2D eigenvalue weighted by molar-refractivity contribution is 8.06. The maximum atomic E-state index is 5.20. The molecule has 88 valence electrons. The van der Waals surface area contributed by atoms with Crippen LogP contribution in [0.25, 0.3) is 0 Å². The van der Waals surface area contributed by atoms with Gasteiger partial charge >= 0.3 is 0 Å². The number of thiocarbonyl (C=S) groups is 1. The van der Waals surface area contributed by atoms with Gasteiger partial charge in [0.25, 0.3) is 0 Å². The number of hydrogen-bond donors (Lipinski definition) is 2. The zero-order chi connectivity index (χ0) is 10.9. The second-order valence-corrected chi connectivity index (χ2v) is 6.52. The molecule has 1 aliphatic heterocycles. The van der Waals surface area contributed by atoms with Crippen LogP contribution >= 0.6 is 35.7 Å². The van der Waals surface area contributed by atoms with E-state index in [2.05, 4.69) is 41.1 Å². The third kappa shape index (κ3) is 6.53. The van der Waals surface area contributed by atoms with Gasteiger partial charge < -0.3 is 10.6 Å². The first-order chi connectivity index (χ1) is 7.33. The van der Waals surface area contributed by atoms with Gasteiger partial charge in [0.2, 0.25) is 0 Å². The Hall–Kier alpha value is 0.390. The molecule has 2 nitrogen and oxygen atoms in total. The van der Waals surface area contributed by atoms with E-state index in [1.54, 1.807) is 0 Å². The Morgan fingerprint density at radius 3 is 2.93 bits per heavy atom. The molecule has 0 aromatic rings. The number of thioether (sulfide) groups is 2. The van der Waals surface area contributed by atoms with Crippen molar-refractivity contribution in [3.8, 4) is 0 Å². The van der Waals surface area contributed by atoms with Crippen LogP contribution in [0.5, 0.6) is 0 Å². The lowest BCUT2D eigenvalue weighted by Crippen LogP contribution is -2.40. The number of rotatable bonds is 5. The molecule has 15 heavy (non-hydrogen) atoms. The summed E-state index contributed by atoms with van der Waals surface area (Å²) in [5.74, 6) is 3.85. The number of nitrogens with one attached hydrogen (secondary N) is 2. The van der Waals surface area contributed by atoms with Crippen molar-refractivity contribution in [3.05, 3.63) is 0 Å². The van der Waals surface area contributed by atoms with E-state index in [0.29, 0.717) is 0 Å². The summed E-state index contributed by atoms with van der Waals surface area (Å²) in [6.07, 6.45) is 2.40. The normalized spacial score (nSPS) is 21.0. The van der Waals surface area contributed by atoms with Crippen LogP contribution in [0, 0.1) is 0 Å². The van der Waals surface area contributed by atoms with Crippen LogP contribution in [0.15, 0.2) is 0 Å². The minimum absolute atomic E-state index is 0.731. The predicted molar refractivity (Wildman–Crippen MR) is 77.1 cm³/mol. The first-order valence-corrected chi connectivity index (χ1v) is 8.15. The lowest BCUT2D eigenvalue weighted by atomic mass is 10.3. The maximum Gasteiger partial charge on any atom is 0.166 e. The summed E-state index contributed by atoms with van der Waals surface area (Å²) in [5.41, 5.74) is 0. The minimum Gasteiger partial charge on any atom is -0.363 e. The molecule has 0 bridgehead atoms. The van der Waals surface area contributed by atoms with E-state index in [1.165, 1.54) is 30.1 Å². The van der Waals surface area contributed by atoms with Crippen LogP contribution < -0.4 is 10.6 Å². The molecule has 1 heterocycles. The second-order valence-electron chi connectivity index (χ2n) is 3.56. The molecule has 2 N–H and O–H groups in total. The summed E-state index contributed by atoms with van der Waals surface area (Å²) in [6, 6.07) is 0. The molecular formula is C10H20N2S3. The molecule has 1 unspecified atom stereocenters. The molecule has 5 heteroatoms. The van der Waals surface area contributed by atoms with Crippen molar-refractivity contribution in [2.75, 3.05) is 30.3 Å². The second kappa shape index (κ2) is 8.53. The van der Waals surface area contributed by atoms with Crippen LogP contribution in [0.2, 0.25) is 0 Å². The highest BCUT2D eigenvalue weighted by Gasteiger charge is 2.13. The third-order valence-corrected chi connectivity index (χ3v) is 5.32. The van der Waals surface area contributed by atoms with E-state index < -0.39 is 0 Å². The largest absolute Gasteiger partial charge is 0.363 e. The molecule has 0 aliphatic carbocycles. The van der Waals surface area contributed by atoms with Gasteiger partial charge in [-0.15, -0.1) is 0 Å². The average molecular weight is 264 g/mol. The fraction of sp³-hybridized carbons (Fsp3) is 0.900. The Morgan fingerprint density at radius 2 is 2.27 bits per heavy atom. The van der Waals surface area contributed by atoms with Crippen molar-refractivity contribution in [1.29, 1.82) is 0 Å². The average Bonchev–Trinajstić information content (AvgIpc) is 2.28. The van der Waals surface area contributed by atoms with E-state index in [1.807, 2.05) is 0 Å². The first-order valence-electron chi connectivity index (χ1n) is 5.54. The number of unbranched alkanes of at least 4 members (excludes halogenated alkanes) is 1. The van der Waals surface area contributed by atoms with Gasteiger partial charge in [0.1, 0.15) is 0 Å². The van der Waals surface area contributed by atoms with Crippen molar-refractivity contribution in [2.45, 2.75) is 25.0 Å². The van der Waals surface area contributed by atoms with Crippen molar-refractivity contribution in [2.24, 2.45) is 0 Å². The van der Waals surface area contributed by atoms with Crippen molar-refractivity contribution in [1.82, 2.24) is 10.6 Å². The molecule has 0 aromatic heterocycles. The van der Waals surface area contributed by atoms with Crippen molar-refractivity contribution < 1.29 is 0 Å². The van der Waals surface area contributed by atoms with Gasteiger partial charge in [0, 0.05) is 35.6 Å². The quantitative estimate of drug-likeness (QED) is 0.585. The summed E-state index contributed by atoms with van der Waals surface area (Å²) in [6.45, 7) is 4.19. The molecule has 1 atom stereocenters. The monoisotopic (exact) mass is 264 g/mol. The Kier molecular flexibility index (Phi) is 7.65. The van der Waals surface area contributed by atoms with Gasteiger partial charge in [-0.05, 0) is 18.6 Å². The van der Waals surface area contributed by atoms with E-state index in [9.17, 15) is 0 Å². The predicted octanol–water partition coefficient (Wildman–Crippen LogP) is 2.10. The van der Waals surface area contributed by atoms with E-state index >= 15 is 0 Å². The molecule has 0 amide bonds. The zero-order valence-electron chi connectivity index (χ0n) is 9.25. The Labute approximate surface area is 107 Å². The Balaban J connectivity index is 2.00. The molecule has 1 rings (SSSR count). The van der Waals surface area contributed by atoms with Gasteiger partial charge in [-0.25, -0.2) is 0 Å². The summed E-state index contributed by atoms with van der Waals surface area (Å²) in [7, 11) is 0. The van der Waals surface area contributed by atoms with Gasteiger partial charge in [0.05, 0.1) is 0 Å².